The van der Waals surface area contributed by atoms with E-state index in [0.717, 1.165) is 49.4 Å². The number of guanidine groups is 1. The van der Waals surface area contributed by atoms with Crippen molar-refractivity contribution in [2.75, 3.05) is 54.0 Å². The Morgan fingerprint density at radius 3 is 2.39 bits per heavy atom. The highest BCUT2D eigenvalue weighted by Crippen LogP contribution is 2.33. The minimum Gasteiger partial charge on any atom is -0.493 e. The average molecular weight is 389 g/mol. The number of aliphatic imine (C=N–C) groups is 1. The second-order valence-electron chi connectivity index (χ2n) is 7.86. The number of hydrogen-bond acceptors (Lipinski definition) is 4. The monoisotopic (exact) mass is 388 g/mol. The molecular weight excluding hydrogens is 352 g/mol. The van der Waals surface area contributed by atoms with Crippen LogP contribution in [0.4, 0.5) is 0 Å². The highest BCUT2D eigenvalue weighted by atomic mass is 16.5. The summed E-state index contributed by atoms with van der Waals surface area (Å²) in [4.78, 5) is 9.49. The minimum absolute atomic E-state index is 0.742. The Morgan fingerprint density at radius 1 is 1.11 bits per heavy atom. The highest BCUT2D eigenvalue weighted by molar-refractivity contribution is 5.80. The van der Waals surface area contributed by atoms with Gasteiger partial charge in [-0.15, -0.1) is 0 Å². The van der Waals surface area contributed by atoms with Gasteiger partial charge in [-0.1, -0.05) is 6.92 Å². The van der Waals surface area contributed by atoms with Crippen LogP contribution in [0.5, 0.6) is 11.5 Å². The molecular formula is C22H36N4O2. The summed E-state index contributed by atoms with van der Waals surface area (Å²) in [7, 11) is 5.27. The van der Waals surface area contributed by atoms with E-state index in [9.17, 15) is 0 Å². The van der Waals surface area contributed by atoms with Crippen LogP contribution < -0.4 is 14.8 Å². The third kappa shape index (κ3) is 4.90. The maximum absolute atomic E-state index is 5.48. The van der Waals surface area contributed by atoms with Crippen molar-refractivity contribution in [3.05, 3.63) is 23.3 Å². The molecule has 0 unspecified atom stereocenters. The maximum Gasteiger partial charge on any atom is 0.193 e. The van der Waals surface area contributed by atoms with Gasteiger partial charge in [0.1, 0.15) is 0 Å². The lowest BCUT2D eigenvalue weighted by atomic mass is 9.96. The number of nitrogens with zero attached hydrogens (tertiary/aromatic N) is 3. The number of piperidine rings is 1. The lowest BCUT2D eigenvalue weighted by Gasteiger charge is -2.35. The fourth-order valence-corrected chi connectivity index (χ4v) is 4.36. The lowest BCUT2D eigenvalue weighted by molar-refractivity contribution is 0.184. The van der Waals surface area contributed by atoms with Crippen molar-refractivity contribution in [3.63, 3.8) is 0 Å². The molecule has 0 bridgehead atoms. The van der Waals surface area contributed by atoms with Gasteiger partial charge in [-0.05, 0) is 74.5 Å². The van der Waals surface area contributed by atoms with Crippen LogP contribution in [-0.2, 0) is 13.0 Å². The van der Waals surface area contributed by atoms with Crippen LogP contribution in [0.2, 0.25) is 0 Å². The van der Waals surface area contributed by atoms with Gasteiger partial charge in [0.15, 0.2) is 17.5 Å². The Labute approximate surface area is 169 Å². The fourth-order valence-electron chi connectivity index (χ4n) is 4.36. The Kier molecular flexibility index (Phi) is 7.43. The molecule has 1 fully saturated rings. The molecule has 0 saturated carbocycles. The number of rotatable bonds is 6. The van der Waals surface area contributed by atoms with Gasteiger partial charge in [0, 0.05) is 26.7 Å². The van der Waals surface area contributed by atoms with Gasteiger partial charge >= 0.3 is 0 Å². The van der Waals surface area contributed by atoms with Gasteiger partial charge in [0.25, 0.3) is 0 Å². The highest BCUT2D eigenvalue weighted by Gasteiger charge is 2.23. The molecule has 156 valence electrons. The topological polar surface area (TPSA) is 49.3 Å². The minimum atomic E-state index is 0.742. The van der Waals surface area contributed by atoms with Crippen molar-refractivity contribution < 1.29 is 9.47 Å². The van der Waals surface area contributed by atoms with Gasteiger partial charge in [0.2, 0.25) is 0 Å². The van der Waals surface area contributed by atoms with E-state index < -0.39 is 0 Å². The third-order valence-corrected chi connectivity index (χ3v) is 6.03. The van der Waals surface area contributed by atoms with E-state index in [4.69, 9.17) is 9.47 Å². The van der Waals surface area contributed by atoms with Crippen molar-refractivity contribution in [1.82, 2.24) is 15.1 Å². The molecule has 6 nitrogen and oxygen atoms in total. The molecule has 0 aliphatic carbocycles. The van der Waals surface area contributed by atoms with Crippen LogP contribution in [0.1, 0.15) is 37.3 Å². The molecule has 2 heterocycles. The van der Waals surface area contributed by atoms with E-state index in [-0.39, 0.29) is 0 Å². The molecule has 0 aromatic heterocycles. The van der Waals surface area contributed by atoms with E-state index in [2.05, 4.69) is 39.2 Å². The molecule has 28 heavy (non-hydrogen) atoms. The van der Waals surface area contributed by atoms with Crippen molar-refractivity contribution >= 4 is 5.96 Å². The summed E-state index contributed by atoms with van der Waals surface area (Å²) in [5.41, 5.74) is 2.63. The van der Waals surface area contributed by atoms with Crippen molar-refractivity contribution in [1.29, 1.82) is 0 Å². The summed E-state index contributed by atoms with van der Waals surface area (Å²) in [5, 5.41) is 3.64. The first-order valence-corrected chi connectivity index (χ1v) is 10.6. The quantitative estimate of drug-likeness (QED) is 0.600. The molecule has 3 rings (SSSR count). The van der Waals surface area contributed by atoms with E-state index in [1.807, 2.05) is 7.05 Å². The smallest absolute Gasteiger partial charge is 0.193 e. The summed E-state index contributed by atoms with van der Waals surface area (Å²) in [6, 6.07) is 4.23. The van der Waals surface area contributed by atoms with Crippen LogP contribution in [-0.4, -0.2) is 69.8 Å². The van der Waals surface area contributed by atoms with Crippen molar-refractivity contribution in [2.24, 2.45) is 10.9 Å². The van der Waals surface area contributed by atoms with E-state index in [1.165, 1.54) is 50.0 Å². The first-order valence-electron chi connectivity index (χ1n) is 10.6. The summed E-state index contributed by atoms with van der Waals surface area (Å²) in [5.74, 6) is 3.36. The summed E-state index contributed by atoms with van der Waals surface area (Å²) in [6.45, 7) is 8.81. The standard InChI is InChI=1S/C22H36N4O2/c1-5-9-25-10-6-17(7-11-25)15-24-22(23-2)26-12-8-18-13-20(27-3)21(28-4)14-19(18)16-26/h13-14,17H,5-12,15-16H2,1-4H3,(H,23,24). The van der Waals surface area contributed by atoms with E-state index in [0.29, 0.717) is 0 Å². The van der Waals surface area contributed by atoms with Crippen LogP contribution in [0.25, 0.3) is 0 Å². The Morgan fingerprint density at radius 2 is 1.79 bits per heavy atom. The normalized spacial score (nSPS) is 18.7. The van der Waals surface area contributed by atoms with Crippen LogP contribution in [0, 0.1) is 5.92 Å². The third-order valence-electron chi connectivity index (χ3n) is 6.03. The Balaban J connectivity index is 1.56. The molecule has 2 aliphatic heterocycles. The number of methoxy groups -OCH3 is 2. The predicted octanol–water partition coefficient (Wildman–Crippen LogP) is 2.76. The molecule has 1 saturated heterocycles. The second-order valence-corrected chi connectivity index (χ2v) is 7.86. The fraction of sp³-hybridized carbons (Fsp3) is 0.682. The molecule has 2 aliphatic rings. The molecule has 1 aromatic carbocycles. The number of hydrogen-bond donors (Lipinski definition) is 1. The summed E-state index contributed by atoms with van der Waals surface area (Å²) >= 11 is 0. The van der Waals surface area contributed by atoms with E-state index >= 15 is 0 Å². The number of fused-ring (bicyclic) bond motifs is 1. The zero-order chi connectivity index (χ0) is 19.9. The number of nitrogens with one attached hydrogen (secondary N) is 1. The maximum atomic E-state index is 5.48. The predicted molar refractivity (Wildman–Crippen MR) is 114 cm³/mol. The second kappa shape index (κ2) is 10.0. The van der Waals surface area contributed by atoms with Gasteiger partial charge < -0.3 is 24.6 Å². The summed E-state index contributed by atoms with van der Waals surface area (Å²) < 4.78 is 10.9. The number of benzene rings is 1. The SMILES string of the molecule is CCCN1CCC(CNC(=NC)N2CCc3cc(OC)c(OC)cc3C2)CC1. The van der Waals surface area contributed by atoms with Gasteiger partial charge in [-0.2, -0.15) is 0 Å². The zero-order valence-corrected chi connectivity index (χ0v) is 18.0. The molecule has 0 amide bonds. The van der Waals surface area contributed by atoms with Crippen LogP contribution in [0.15, 0.2) is 17.1 Å². The zero-order valence-electron chi connectivity index (χ0n) is 18.0. The first kappa shape index (κ1) is 20.8. The Bertz CT molecular complexity index is 669. The largest absolute Gasteiger partial charge is 0.493 e. The van der Waals surface area contributed by atoms with Crippen molar-refractivity contribution in [2.45, 2.75) is 39.2 Å². The first-order chi connectivity index (χ1) is 13.7. The van der Waals surface area contributed by atoms with Crippen molar-refractivity contribution in [3.8, 4) is 11.5 Å². The molecule has 6 heteroatoms. The van der Waals surface area contributed by atoms with Crippen LogP contribution in [0.3, 0.4) is 0 Å². The average Bonchev–Trinajstić information content (AvgIpc) is 2.74. The number of likely N-dealkylation sites (tertiary alicyclic amines) is 1. The molecule has 0 spiro atoms. The molecule has 1 aromatic rings. The number of ether oxygens (including phenoxy) is 2. The van der Waals surface area contributed by atoms with Gasteiger partial charge in [0.05, 0.1) is 14.2 Å². The summed E-state index contributed by atoms with van der Waals surface area (Å²) in [6.07, 6.45) is 4.81. The van der Waals surface area contributed by atoms with E-state index in [1.54, 1.807) is 14.2 Å². The molecule has 1 N–H and O–H groups in total. The van der Waals surface area contributed by atoms with Gasteiger partial charge in [-0.25, -0.2) is 0 Å². The molecule has 0 atom stereocenters. The lowest BCUT2D eigenvalue weighted by Crippen LogP contribution is -2.46. The molecule has 0 radical (unpaired) electrons. The Hall–Kier alpha value is -1.95. The van der Waals surface area contributed by atoms with Crippen LogP contribution >= 0.6 is 0 Å². The van der Waals surface area contributed by atoms with Gasteiger partial charge in [-0.3, -0.25) is 4.99 Å².